The number of hydrogen-bond donors (Lipinski definition) is 1. The molecule has 4 nitrogen and oxygen atoms in total. The van der Waals surface area contributed by atoms with Gasteiger partial charge in [0.25, 0.3) is 0 Å². The summed E-state index contributed by atoms with van der Waals surface area (Å²) in [4.78, 5) is 3.64. The van der Waals surface area contributed by atoms with Crippen LogP contribution in [-0.2, 0) is 0 Å². The SMILES string of the molecule is N#Cc1c(O)ncn1C1CC1. The van der Waals surface area contributed by atoms with Crippen molar-refractivity contribution in [3.8, 4) is 11.9 Å². The minimum atomic E-state index is -0.153. The Labute approximate surface area is 63.7 Å². The van der Waals surface area contributed by atoms with E-state index in [9.17, 15) is 0 Å². The van der Waals surface area contributed by atoms with Gasteiger partial charge in [0, 0.05) is 6.04 Å². The van der Waals surface area contributed by atoms with Gasteiger partial charge in [-0.05, 0) is 12.8 Å². The molecule has 1 aliphatic rings. The first-order valence-corrected chi connectivity index (χ1v) is 3.49. The number of aromatic hydroxyl groups is 1. The van der Waals surface area contributed by atoms with Crippen molar-refractivity contribution < 1.29 is 5.11 Å². The Morgan fingerprint density at radius 3 is 3.00 bits per heavy atom. The van der Waals surface area contributed by atoms with Crippen molar-refractivity contribution >= 4 is 0 Å². The summed E-state index contributed by atoms with van der Waals surface area (Å²) in [7, 11) is 0. The lowest BCUT2D eigenvalue weighted by molar-refractivity contribution is 0.453. The summed E-state index contributed by atoms with van der Waals surface area (Å²) in [5.41, 5.74) is 0.285. The van der Waals surface area contributed by atoms with Gasteiger partial charge in [-0.25, -0.2) is 4.98 Å². The van der Waals surface area contributed by atoms with E-state index in [1.807, 2.05) is 6.07 Å². The highest BCUT2D eigenvalue weighted by Crippen LogP contribution is 2.36. The molecule has 1 fully saturated rings. The molecule has 1 heterocycles. The zero-order chi connectivity index (χ0) is 7.84. The first-order valence-electron chi connectivity index (χ1n) is 3.49. The number of aromatic nitrogens is 2. The summed E-state index contributed by atoms with van der Waals surface area (Å²) < 4.78 is 1.73. The molecule has 0 unspecified atom stereocenters. The van der Waals surface area contributed by atoms with Gasteiger partial charge < -0.3 is 9.67 Å². The Morgan fingerprint density at radius 2 is 2.45 bits per heavy atom. The van der Waals surface area contributed by atoms with Gasteiger partial charge in [0.1, 0.15) is 12.4 Å². The van der Waals surface area contributed by atoms with Crippen molar-refractivity contribution in [2.45, 2.75) is 18.9 Å². The Morgan fingerprint density at radius 1 is 1.73 bits per heavy atom. The maximum absolute atomic E-state index is 9.05. The van der Waals surface area contributed by atoms with Crippen LogP contribution in [0.4, 0.5) is 0 Å². The highest BCUT2D eigenvalue weighted by atomic mass is 16.3. The Kier molecular flexibility index (Phi) is 1.13. The lowest BCUT2D eigenvalue weighted by atomic mass is 10.5. The second-order valence-electron chi connectivity index (χ2n) is 2.67. The molecular formula is C7H7N3O. The molecule has 1 aromatic rings. The molecule has 0 aromatic carbocycles. The van der Waals surface area contributed by atoms with Crippen LogP contribution in [0.2, 0.25) is 0 Å². The van der Waals surface area contributed by atoms with Gasteiger partial charge in [-0.3, -0.25) is 0 Å². The highest BCUT2D eigenvalue weighted by Gasteiger charge is 2.27. The molecule has 0 saturated heterocycles. The Hall–Kier alpha value is -1.50. The molecule has 56 valence electrons. The van der Waals surface area contributed by atoms with E-state index in [0.29, 0.717) is 6.04 Å². The summed E-state index contributed by atoms with van der Waals surface area (Å²) in [5, 5.41) is 17.6. The number of hydrogen-bond acceptors (Lipinski definition) is 3. The molecule has 0 radical (unpaired) electrons. The van der Waals surface area contributed by atoms with Gasteiger partial charge in [0.15, 0.2) is 5.69 Å². The molecule has 1 N–H and O–H groups in total. The van der Waals surface area contributed by atoms with E-state index in [4.69, 9.17) is 10.4 Å². The van der Waals surface area contributed by atoms with Crippen molar-refractivity contribution in [1.29, 1.82) is 5.26 Å². The van der Waals surface area contributed by atoms with Crippen LogP contribution in [0.1, 0.15) is 24.6 Å². The van der Waals surface area contributed by atoms with Crippen LogP contribution < -0.4 is 0 Å². The molecule has 4 heteroatoms. The summed E-state index contributed by atoms with van der Waals surface area (Å²) in [5.74, 6) is -0.153. The fraction of sp³-hybridized carbons (Fsp3) is 0.429. The quantitative estimate of drug-likeness (QED) is 0.642. The largest absolute Gasteiger partial charge is 0.491 e. The predicted molar refractivity (Wildman–Crippen MR) is 36.9 cm³/mol. The third kappa shape index (κ3) is 0.855. The molecule has 2 rings (SSSR count). The summed E-state index contributed by atoms with van der Waals surface area (Å²) in [6.45, 7) is 0. The third-order valence-electron chi connectivity index (χ3n) is 1.82. The van der Waals surface area contributed by atoms with E-state index in [2.05, 4.69) is 4.98 Å². The monoisotopic (exact) mass is 149 g/mol. The maximum atomic E-state index is 9.05. The first-order chi connectivity index (χ1) is 5.33. The lowest BCUT2D eigenvalue weighted by Gasteiger charge is -1.96. The van der Waals surface area contributed by atoms with Crippen LogP contribution >= 0.6 is 0 Å². The van der Waals surface area contributed by atoms with Gasteiger partial charge in [0.05, 0.1) is 0 Å². The van der Waals surface area contributed by atoms with E-state index in [1.165, 1.54) is 6.33 Å². The van der Waals surface area contributed by atoms with Gasteiger partial charge in [-0.2, -0.15) is 5.26 Å². The molecule has 0 aliphatic heterocycles. The number of imidazole rings is 1. The number of rotatable bonds is 1. The molecule has 1 aromatic heterocycles. The summed E-state index contributed by atoms with van der Waals surface area (Å²) in [6.07, 6.45) is 3.69. The zero-order valence-electron chi connectivity index (χ0n) is 5.86. The average molecular weight is 149 g/mol. The molecule has 1 saturated carbocycles. The van der Waals surface area contributed by atoms with Gasteiger partial charge in [-0.1, -0.05) is 0 Å². The predicted octanol–water partition coefficient (Wildman–Crippen LogP) is 0.795. The fourth-order valence-corrected chi connectivity index (χ4v) is 1.09. The van der Waals surface area contributed by atoms with Crippen molar-refractivity contribution in [2.24, 2.45) is 0 Å². The van der Waals surface area contributed by atoms with E-state index in [1.54, 1.807) is 4.57 Å². The normalized spacial score (nSPS) is 16.3. The number of nitriles is 1. The van der Waals surface area contributed by atoms with Crippen molar-refractivity contribution in [3.05, 3.63) is 12.0 Å². The third-order valence-corrected chi connectivity index (χ3v) is 1.82. The molecular weight excluding hydrogens is 142 g/mol. The smallest absolute Gasteiger partial charge is 0.248 e. The number of nitrogens with zero attached hydrogens (tertiary/aromatic N) is 3. The van der Waals surface area contributed by atoms with Gasteiger partial charge in [-0.15, -0.1) is 0 Å². The van der Waals surface area contributed by atoms with E-state index >= 15 is 0 Å². The first kappa shape index (κ1) is 6.23. The van der Waals surface area contributed by atoms with Crippen molar-refractivity contribution in [2.75, 3.05) is 0 Å². The molecule has 0 spiro atoms. The Balaban J connectivity index is 2.47. The molecule has 1 aliphatic carbocycles. The van der Waals surface area contributed by atoms with E-state index in [-0.39, 0.29) is 11.6 Å². The lowest BCUT2D eigenvalue weighted by Crippen LogP contribution is -1.94. The van der Waals surface area contributed by atoms with Crippen molar-refractivity contribution in [3.63, 3.8) is 0 Å². The van der Waals surface area contributed by atoms with Crippen LogP contribution in [0, 0.1) is 11.3 Å². The van der Waals surface area contributed by atoms with Crippen LogP contribution in [-0.4, -0.2) is 14.7 Å². The zero-order valence-corrected chi connectivity index (χ0v) is 5.86. The summed E-state index contributed by atoms with van der Waals surface area (Å²) in [6, 6.07) is 2.32. The topological polar surface area (TPSA) is 61.8 Å². The maximum Gasteiger partial charge on any atom is 0.248 e. The van der Waals surface area contributed by atoms with Gasteiger partial charge in [0.2, 0.25) is 5.88 Å². The van der Waals surface area contributed by atoms with Crippen LogP contribution in [0.25, 0.3) is 0 Å². The Bertz CT molecular complexity index is 319. The van der Waals surface area contributed by atoms with Crippen molar-refractivity contribution in [1.82, 2.24) is 9.55 Å². The fourth-order valence-electron chi connectivity index (χ4n) is 1.09. The highest BCUT2D eigenvalue weighted by molar-refractivity contribution is 5.32. The van der Waals surface area contributed by atoms with Crippen LogP contribution in [0.15, 0.2) is 6.33 Å². The second kappa shape index (κ2) is 1.99. The molecule has 0 amide bonds. The van der Waals surface area contributed by atoms with E-state index < -0.39 is 0 Å². The minimum absolute atomic E-state index is 0.153. The summed E-state index contributed by atoms with van der Waals surface area (Å²) >= 11 is 0. The molecule has 0 bridgehead atoms. The van der Waals surface area contributed by atoms with Crippen LogP contribution in [0.5, 0.6) is 5.88 Å². The standard InChI is InChI=1S/C7H7N3O/c8-3-6-7(11)9-4-10(6)5-1-2-5/h4-5,11H,1-2H2. The van der Waals surface area contributed by atoms with E-state index in [0.717, 1.165) is 12.8 Å². The van der Waals surface area contributed by atoms with Gasteiger partial charge >= 0.3 is 0 Å². The molecule has 0 atom stereocenters. The van der Waals surface area contributed by atoms with Crippen LogP contribution in [0.3, 0.4) is 0 Å². The molecule has 11 heavy (non-hydrogen) atoms. The average Bonchev–Trinajstić information content (AvgIpc) is 2.76. The second-order valence-corrected chi connectivity index (χ2v) is 2.67. The minimum Gasteiger partial charge on any atom is -0.491 e.